The van der Waals surface area contributed by atoms with E-state index in [1.165, 1.54) is 5.56 Å². The Bertz CT molecular complexity index is 363. The van der Waals surface area contributed by atoms with E-state index in [0.29, 0.717) is 0 Å². The zero-order valence-corrected chi connectivity index (χ0v) is 8.36. The van der Waals surface area contributed by atoms with E-state index in [2.05, 4.69) is 12.8 Å². The predicted octanol–water partition coefficient (Wildman–Crippen LogP) is 1.95. The Balaban J connectivity index is 3.20. The Morgan fingerprint density at radius 3 is 2.67 bits per heavy atom. The molecule has 1 aromatic carbocycles. The van der Waals surface area contributed by atoms with Crippen LogP contribution in [0.3, 0.4) is 0 Å². The molecule has 1 atom stereocenters. The molecule has 12 heavy (non-hydrogen) atoms. The summed E-state index contributed by atoms with van der Waals surface area (Å²) in [5.41, 5.74) is 1.21. The maximum Gasteiger partial charge on any atom is 0.0305 e. The molecule has 1 aromatic rings. The number of hydrogen-bond donors (Lipinski definition) is 0. The van der Waals surface area contributed by atoms with Crippen LogP contribution in [0, 0.1) is 0 Å². The van der Waals surface area contributed by atoms with Gasteiger partial charge >= 0.3 is 0 Å². The Morgan fingerprint density at radius 1 is 1.50 bits per heavy atom. The normalized spacial score (nSPS) is 15.5. The molecular formula is C10H14OS. The second-order valence-corrected chi connectivity index (χ2v) is 5.49. The van der Waals surface area contributed by atoms with Crippen LogP contribution in [0.15, 0.2) is 29.2 Å². The van der Waals surface area contributed by atoms with E-state index in [4.69, 9.17) is 0 Å². The summed E-state index contributed by atoms with van der Waals surface area (Å²) in [5, 5.41) is 0. The summed E-state index contributed by atoms with van der Waals surface area (Å²) < 4.78 is 11.5. The molecule has 1 nitrogen and oxygen atoms in total. The van der Waals surface area contributed by atoms with Crippen LogP contribution in [0.1, 0.15) is 12.5 Å². The van der Waals surface area contributed by atoms with Crippen LogP contribution in [0.4, 0.5) is 0 Å². The molecule has 1 rings (SSSR count). The Labute approximate surface area is 74.4 Å². The molecule has 0 aliphatic rings. The molecule has 0 aliphatic carbocycles. The predicted molar refractivity (Wildman–Crippen MR) is 55.3 cm³/mol. The van der Waals surface area contributed by atoms with E-state index in [1.54, 1.807) is 6.26 Å². The van der Waals surface area contributed by atoms with Gasteiger partial charge in [-0.1, -0.05) is 19.1 Å². The summed E-state index contributed by atoms with van der Waals surface area (Å²) in [5.74, 6) is 3.64. The highest BCUT2D eigenvalue weighted by Crippen LogP contribution is 2.11. The Morgan fingerprint density at radius 2 is 2.17 bits per heavy atom. The molecular weight excluding hydrogens is 168 g/mol. The van der Waals surface area contributed by atoms with Crippen molar-refractivity contribution in [3.8, 4) is 0 Å². The van der Waals surface area contributed by atoms with Crippen molar-refractivity contribution in [1.82, 2.24) is 0 Å². The largest absolute Gasteiger partial charge is 0.263 e. The molecule has 0 aliphatic heterocycles. The van der Waals surface area contributed by atoms with Crippen LogP contribution < -0.4 is 0 Å². The van der Waals surface area contributed by atoms with Gasteiger partial charge in [-0.3, -0.25) is 4.21 Å². The molecule has 0 aromatic heterocycles. The van der Waals surface area contributed by atoms with E-state index in [9.17, 15) is 4.21 Å². The lowest BCUT2D eigenvalue weighted by Crippen LogP contribution is -1.96. The third-order valence-corrected chi connectivity index (χ3v) is 3.06. The van der Waals surface area contributed by atoms with Crippen molar-refractivity contribution >= 4 is 15.4 Å². The minimum atomic E-state index is -2.04. The Hall–Kier alpha value is -0.760. The van der Waals surface area contributed by atoms with Crippen LogP contribution in [-0.2, 0) is 15.9 Å². The van der Waals surface area contributed by atoms with Crippen LogP contribution in [-0.4, -0.2) is 16.3 Å². The third-order valence-electron chi connectivity index (χ3n) is 1.81. The Kier molecular flexibility index (Phi) is 2.58. The zero-order chi connectivity index (χ0) is 9.19. The molecule has 0 fully saturated rings. The van der Waals surface area contributed by atoms with Crippen molar-refractivity contribution in [2.24, 2.45) is 0 Å². The summed E-state index contributed by atoms with van der Waals surface area (Å²) in [6.07, 6.45) is 2.64. The average molecular weight is 182 g/mol. The fourth-order valence-electron chi connectivity index (χ4n) is 1.03. The van der Waals surface area contributed by atoms with Gasteiger partial charge in [-0.05, 0) is 39.5 Å². The van der Waals surface area contributed by atoms with Crippen LogP contribution in [0.2, 0.25) is 0 Å². The molecule has 1 unspecified atom stereocenters. The fraction of sp³-hybridized carbons (Fsp3) is 0.300. The molecule has 0 saturated heterocycles. The van der Waals surface area contributed by atoms with Gasteiger partial charge in [0.05, 0.1) is 0 Å². The smallest absolute Gasteiger partial charge is 0.0305 e. The lowest BCUT2D eigenvalue weighted by molar-refractivity contribution is 0.685. The van der Waals surface area contributed by atoms with Crippen molar-refractivity contribution in [1.29, 1.82) is 0 Å². The number of hydrogen-bond acceptors (Lipinski definition) is 1. The first-order valence-electron chi connectivity index (χ1n) is 3.95. The SMILES string of the molecule is C=S(C)(=O)c1cccc(CC)c1. The molecule has 2 heteroatoms. The van der Waals surface area contributed by atoms with E-state index < -0.39 is 9.52 Å². The van der Waals surface area contributed by atoms with Gasteiger partial charge in [0.1, 0.15) is 0 Å². The van der Waals surface area contributed by atoms with E-state index in [1.807, 2.05) is 24.3 Å². The second-order valence-electron chi connectivity index (χ2n) is 3.01. The molecule has 0 bridgehead atoms. The third kappa shape index (κ3) is 2.11. The topological polar surface area (TPSA) is 17.1 Å². The van der Waals surface area contributed by atoms with Crippen LogP contribution in [0.25, 0.3) is 0 Å². The standard InChI is InChI=1S/C10H14OS/c1-4-9-6-5-7-10(8-9)12(2,3)11/h5-8H,2,4H2,1,3H3. The van der Waals surface area contributed by atoms with Gasteiger partial charge in [-0.25, -0.2) is 0 Å². The van der Waals surface area contributed by atoms with Gasteiger partial charge < -0.3 is 0 Å². The zero-order valence-electron chi connectivity index (χ0n) is 7.54. The van der Waals surface area contributed by atoms with Gasteiger partial charge in [0, 0.05) is 11.2 Å². The molecule has 0 saturated carbocycles. The van der Waals surface area contributed by atoms with E-state index >= 15 is 0 Å². The first kappa shape index (κ1) is 9.33. The minimum Gasteiger partial charge on any atom is -0.263 e. The van der Waals surface area contributed by atoms with E-state index in [-0.39, 0.29) is 0 Å². The molecule has 0 amide bonds. The monoisotopic (exact) mass is 182 g/mol. The van der Waals surface area contributed by atoms with E-state index in [0.717, 1.165) is 11.3 Å². The highest BCUT2D eigenvalue weighted by Gasteiger charge is 2.00. The first-order chi connectivity index (χ1) is 5.54. The lowest BCUT2D eigenvalue weighted by Gasteiger charge is -2.03. The van der Waals surface area contributed by atoms with Crippen LogP contribution >= 0.6 is 0 Å². The van der Waals surface area contributed by atoms with Gasteiger partial charge in [0.15, 0.2) is 0 Å². The van der Waals surface area contributed by atoms with Crippen molar-refractivity contribution in [2.45, 2.75) is 18.2 Å². The fourth-order valence-corrected chi connectivity index (χ4v) is 1.80. The van der Waals surface area contributed by atoms with Crippen LogP contribution in [0.5, 0.6) is 0 Å². The summed E-state index contributed by atoms with van der Waals surface area (Å²) in [7, 11) is -2.04. The molecule has 0 heterocycles. The summed E-state index contributed by atoms with van der Waals surface area (Å²) in [4.78, 5) is 0.849. The van der Waals surface area contributed by atoms with Crippen molar-refractivity contribution in [3.63, 3.8) is 0 Å². The van der Waals surface area contributed by atoms with Crippen molar-refractivity contribution in [3.05, 3.63) is 29.8 Å². The van der Waals surface area contributed by atoms with Crippen molar-refractivity contribution in [2.75, 3.05) is 6.26 Å². The minimum absolute atomic E-state index is 0.849. The first-order valence-corrected chi connectivity index (χ1v) is 6.09. The summed E-state index contributed by atoms with van der Waals surface area (Å²) in [6, 6.07) is 7.81. The van der Waals surface area contributed by atoms with Gasteiger partial charge in [0.25, 0.3) is 0 Å². The number of aryl methyl sites for hydroxylation is 1. The molecule has 0 radical (unpaired) electrons. The maximum absolute atomic E-state index is 11.5. The highest BCUT2D eigenvalue weighted by atomic mass is 32.2. The maximum atomic E-state index is 11.5. The summed E-state index contributed by atoms with van der Waals surface area (Å²) in [6.45, 7) is 2.08. The molecule has 66 valence electrons. The number of benzene rings is 1. The average Bonchev–Trinajstić information content (AvgIpc) is 2.03. The van der Waals surface area contributed by atoms with Gasteiger partial charge in [-0.2, -0.15) is 0 Å². The molecule has 0 N–H and O–H groups in total. The summed E-state index contributed by atoms with van der Waals surface area (Å²) >= 11 is 0. The number of rotatable bonds is 2. The highest BCUT2D eigenvalue weighted by molar-refractivity contribution is 7.99. The lowest BCUT2D eigenvalue weighted by atomic mass is 10.2. The quantitative estimate of drug-likeness (QED) is 0.639. The van der Waals surface area contributed by atoms with Gasteiger partial charge in [0.2, 0.25) is 0 Å². The molecule has 0 spiro atoms. The second kappa shape index (κ2) is 3.31. The van der Waals surface area contributed by atoms with Gasteiger partial charge in [-0.15, -0.1) is 0 Å². The van der Waals surface area contributed by atoms with Crippen molar-refractivity contribution < 1.29 is 4.21 Å².